The second-order valence-electron chi connectivity index (χ2n) is 5.18. The van der Waals surface area contributed by atoms with E-state index in [0.717, 1.165) is 0 Å². The Kier molecular flexibility index (Phi) is 5.42. The monoisotopic (exact) mass is 461 g/mol. The molecular weight excluding hydrogens is 449 g/mol. The lowest BCUT2D eigenvalue weighted by Crippen LogP contribution is -2.13. The summed E-state index contributed by atoms with van der Waals surface area (Å²) in [7, 11) is 0. The minimum atomic E-state index is -0.530. The lowest BCUT2D eigenvalue weighted by Gasteiger charge is -2.09. The predicted molar refractivity (Wildman–Crippen MR) is 105 cm³/mol. The van der Waals surface area contributed by atoms with Crippen LogP contribution in [0.15, 0.2) is 67.0 Å². The van der Waals surface area contributed by atoms with Crippen LogP contribution in [0.3, 0.4) is 0 Å². The molecule has 0 aliphatic rings. The zero-order chi connectivity index (χ0) is 18.5. The first-order chi connectivity index (χ1) is 12.5. The molecule has 7 nitrogen and oxygen atoms in total. The van der Waals surface area contributed by atoms with E-state index in [0.29, 0.717) is 20.8 Å². The number of halogens is 1. The van der Waals surface area contributed by atoms with Crippen LogP contribution in [0.1, 0.15) is 10.4 Å². The zero-order valence-electron chi connectivity index (χ0n) is 13.3. The van der Waals surface area contributed by atoms with Gasteiger partial charge in [0.2, 0.25) is 0 Å². The van der Waals surface area contributed by atoms with Crippen molar-refractivity contribution in [3.63, 3.8) is 0 Å². The van der Waals surface area contributed by atoms with E-state index in [2.05, 4.69) is 10.3 Å². The van der Waals surface area contributed by atoms with Crippen molar-refractivity contribution in [1.82, 2.24) is 4.98 Å². The summed E-state index contributed by atoms with van der Waals surface area (Å²) in [6, 6.07) is 14.5. The molecule has 3 aromatic rings. The molecule has 1 amide bonds. The number of amides is 1. The maximum Gasteiger partial charge on any atom is 0.270 e. The number of nitro groups is 1. The number of nitrogens with one attached hydrogen (secondary N) is 1. The minimum Gasteiger partial charge on any atom is -0.457 e. The Bertz CT molecular complexity index is 946. The lowest BCUT2D eigenvalue weighted by atomic mass is 10.2. The van der Waals surface area contributed by atoms with Crippen LogP contribution in [0.25, 0.3) is 0 Å². The molecule has 1 heterocycles. The van der Waals surface area contributed by atoms with Gasteiger partial charge >= 0.3 is 0 Å². The highest BCUT2D eigenvalue weighted by atomic mass is 127. The number of nitrogens with zero attached hydrogens (tertiary/aromatic N) is 2. The standard InChI is InChI=1S/C18H12IN3O4/c19-17-6-3-13(22(24)25)11-16(17)18(23)21-12-1-4-14(5-2-12)26-15-7-9-20-10-8-15/h1-11H,(H,21,23). The third-order valence-electron chi connectivity index (χ3n) is 3.40. The number of ether oxygens (including phenoxy) is 1. The third-order valence-corrected chi connectivity index (χ3v) is 4.34. The number of carbonyl (C=O) groups excluding carboxylic acids is 1. The molecule has 0 unspecified atom stereocenters. The molecule has 0 saturated carbocycles. The van der Waals surface area contributed by atoms with Gasteiger partial charge in [-0.1, -0.05) is 0 Å². The average molecular weight is 461 g/mol. The summed E-state index contributed by atoms with van der Waals surface area (Å²) >= 11 is 1.97. The molecule has 130 valence electrons. The number of pyridine rings is 1. The van der Waals surface area contributed by atoms with E-state index in [9.17, 15) is 14.9 Å². The van der Waals surface area contributed by atoms with Crippen molar-refractivity contribution >= 4 is 39.9 Å². The molecule has 1 aromatic heterocycles. The van der Waals surface area contributed by atoms with E-state index in [-0.39, 0.29) is 11.3 Å². The summed E-state index contributed by atoms with van der Waals surface area (Å²) in [5.74, 6) is 0.850. The van der Waals surface area contributed by atoms with E-state index >= 15 is 0 Å². The molecule has 0 bridgehead atoms. The highest BCUT2D eigenvalue weighted by Crippen LogP contribution is 2.24. The van der Waals surface area contributed by atoms with E-state index in [4.69, 9.17) is 4.74 Å². The van der Waals surface area contributed by atoms with Gasteiger partial charge in [-0.3, -0.25) is 19.9 Å². The Morgan fingerprint density at radius 3 is 2.35 bits per heavy atom. The van der Waals surface area contributed by atoms with Gasteiger partial charge in [0, 0.05) is 33.8 Å². The Balaban J connectivity index is 1.72. The van der Waals surface area contributed by atoms with Crippen molar-refractivity contribution in [3.8, 4) is 11.5 Å². The number of non-ortho nitro benzene ring substituents is 1. The van der Waals surface area contributed by atoms with Crippen LogP contribution < -0.4 is 10.1 Å². The van der Waals surface area contributed by atoms with Crippen LogP contribution in [0.5, 0.6) is 11.5 Å². The molecule has 2 aromatic carbocycles. The van der Waals surface area contributed by atoms with Crippen LogP contribution in [-0.4, -0.2) is 15.8 Å². The lowest BCUT2D eigenvalue weighted by molar-refractivity contribution is -0.384. The Morgan fingerprint density at radius 1 is 1.04 bits per heavy atom. The first-order valence-corrected chi connectivity index (χ1v) is 8.54. The van der Waals surface area contributed by atoms with Crippen LogP contribution in [0.2, 0.25) is 0 Å². The van der Waals surface area contributed by atoms with Crippen molar-refractivity contribution < 1.29 is 14.5 Å². The second-order valence-corrected chi connectivity index (χ2v) is 6.35. The summed E-state index contributed by atoms with van der Waals surface area (Å²) in [4.78, 5) is 26.7. The number of hydrogen-bond donors (Lipinski definition) is 1. The number of benzene rings is 2. The fourth-order valence-electron chi connectivity index (χ4n) is 2.15. The van der Waals surface area contributed by atoms with E-state index < -0.39 is 10.8 Å². The van der Waals surface area contributed by atoms with Gasteiger partial charge in [-0.25, -0.2) is 0 Å². The summed E-state index contributed by atoms with van der Waals surface area (Å²) < 4.78 is 6.28. The smallest absolute Gasteiger partial charge is 0.270 e. The maximum atomic E-state index is 12.4. The van der Waals surface area contributed by atoms with Crippen LogP contribution in [0.4, 0.5) is 11.4 Å². The molecule has 0 fully saturated rings. The van der Waals surface area contributed by atoms with Gasteiger partial charge in [-0.05, 0) is 65.1 Å². The number of carbonyl (C=O) groups is 1. The minimum absolute atomic E-state index is 0.128. The van der Waals surface area contributed by atoms with Crippen molar-refractivity contribution in [3.05, 3.63) is 86.2 Å². The van der Waals surface area contributed by atoms with Crippen molar-refractivity contribution in [2.45, 2.75) is 0 Å². The van der Waals surface area contributed by atoms with Crippen molar-refractivity contribution in [1.29, 1.82) is 0 Å². The highest BCUT2D eigenvalue weighted by Gasteiger charge is 2.15. The molecule has 0 saturated heterocycles. The number of hydrogen-bond acceptors (Lipinski definition) is 5. The fourth-order valence-corrected chi connectivity index (χ4v) is 2.73. The molecule has 3 rings (SSSR count). The summed E-state index contributed by atoms with van der Waals surface area (Å²) in [6.45, 7) is 0. The van der Waals surface area contributed by atoms with Crippen LogP contribution >= 0.6 is 22.6 Å². The van der Waals surface area contributed by atoms with E-state index in [1.165, 1.54) is 12.1 Å². The first-order valence-electron chi connectivity index (χ1n) is 7.46. The molecular formula is C18H12IN3O4. The van der Waals surface area contributed by atoms with E-state index in [1.807, 2.05) is 22.6 Å². The Morgan fingerprint density at radius 2 is 1.69 bits per heavy atom. The average Bonchev–Trinajstić information content (AvgIpc) is 2.64. The number of anilines is 1. The van der Waals surface area contributed by atoms with Gasteiger partial charge in [0.1, 0.15) is 11.5 Å². The molecule has 0 radical (unpaired) electrons. The SMILES string of the molecule is O=C(Nc1ccc(Oc2ccncc2)cc1)c1cc([N+](=O)[O-])ccc1I. The van der Waals surface area contributed by atoms with Gasteiger partial charge in [0.25, 0.3) is 11.6 Å². The summed E-state index contributed by atoms with van der Waals surface area (Å²) in [5, 5.41) is 13.6. The van der Waals surface area contributed by atoms with E-state index in [1.54, 1.807) is 54.9 Å². The highest BCUT2D eigenvalue weighted by molar-refractivity contribution is 14.1. The zero-order valence-corrected chi connectivity index (χ0v) is 15.4. The molecule has 26 heavy (non-hydrogen) atoms. The topological polar surface area (TPSA) is 94.4 Å². The molecule has 1 N–H and O–H groups in total. The summed E-state index contributed by atoms with van der Waals surface area (Å²) in [5.41, 5.74) is 0.674. The quantitative estimate of drug-likeness (QED) is 0.340. The maximum absolute atomic E-state index is 12.4. The molecule has 0 aliphatic heterocycles. The van der Waals surface area contributed by atoms with Crippen LogP contribution in [0, 0.1) is 13.7 Å². The van der Waals surface area contributed by atoms with Gasteiger partial charge in [-0.15, -0.1) is 0 Å². The molecule has 0 atom stereocenters. The van der Waals surface area contributed by atoms with Gasteiger partial charge in [0.05, 0.1) is 10.5 Å². The molecule has 0 spiro atoms. The van der Waals surface area contributed by atoms with Gasteiger partial charge < -0.3 is 10.1 Å². The number of aromatic nitrogens is 1. The number of rotatable bonds is 5. The Hall–Kier alpha value is -3.01. The van der Waals surface area contributed by atoms with Gasteiger partial charge in [-0.2, -0.15) is 0 Å². The fraction of sp³-hybridized carbons (Fsp3) is 0. The van der Waals surface area contributed by atoms with Crippen molar-refractivity contribution in [2.24, 2.45) is 0 Å². The van der Waals surface area contributed by atoms with Crippen molar-refractivity contribution in [2.75, 3.05) is 5.32 Å². The molecule has 0 aliphatic carbocycles. The largest absolute Gasteiger partial charge is 0.457 e. The number of nitro benzene ring substituents is 1. The predicted octanol–water partition coefficient (Wildman–Crippen LogP) is 4.64. The Labute approximate surface area is 162 Å². The second kappa shape index (κ2) is 7.91. The molecule has 8 heteroatoms. The first kappa shape index (κ1) is 17.8. The third kappa shape index (κ3) is 4.33. The normalized spacial score (nSPS) is 10.2. The summed E-state index contributed by atoms with van der Waals surface area (Å²) in [6.07, 6.45) is 3.26. The van der Waals surface area contributed by atoms with Crippen LogP contribution in [-0.2, 0) is 0 Å². The van der Waals surface area contributed by atoms with Gasteiger partial charge in [0.15, 0.2) is 0 Å².